The van der Waals surface area contributed by atoms with E-state index in [0.29, 0.717) is 13.0 Å². The molecule has 0 saturated carbocycles. The quantitative estimate of drug-likeness (QED) is 0.558. The molecule has 5 heteroatoms. The summed E-state index contributed by atoms with van der Waals surface area (Å²) in [7, 11) is 3.05. The minimum Gasteiger partial charge on any atom is -0.467 e. The number of nitrogens with one attached hydrogen (secondary N) is 2. The summed E-state index contributed by atoms with van der Waals surface area (Å²) in [5.41, 5.74) is 0. The van der Waals surface area contributed by atoms with Gasteiger partial charge in [-0.05, 0) is 14.0 Å². The first-order chi connectivity index (χ1) is 6.11. The van der Waals surface area contributed by atoms with Gasteiger partial charge in [0.25, 0.3) is 0 Å². The van der Waals surface area contributed by atoms with Crippen molar-refractivity contribution in [3.05, 3.63) is 0 Å². The molecule has 13 heavy (non-hydrogen) atoms. The van der Waals surface area contributed by atoms with Gasteiger partial charge in [-0.15, -0.1) is 0 Å². The molecule has 0 aliphatic rings. The Morgan fingerprint density at radius 2 is 2.08 bits per heavy atom. The first-order valence-electron chi connectivity index (χ1n) is 4.13. The molecule has 0 saturated heterocycles. The minimum absolute atomic E-state index is 0.160. The normalized spacial score (nSPS) is 11.9. The van der Waals surface area contributed by atoms with Gasteiger partial charge in [0.2, 0.25) is 5.91 Å². The van der Waals surface area contributed by atoms with E-state index >= 15 is 0 Å². The summed E-state index contributed by atoms with van der Waals surface area (Å²) in [5, 5.41) is 5.35. The van der Waals surface area contributed by atoms with Crippen LogP contribution in [0.3, 0.4) is 0 Å². The molecule has 0 rings (SSSR count). The maximum atomic E-state index is 11.1. The highest BCUT2D eigenvalue weighted by molar-refractivity contribution is 5.84. The van der Waals surface area contributed by atoms with Crippen LogP contribution in [-0.4, -0.2) is 38.6 Å². The van der Waals surface area contributed by atoms with E-state index in [1.165, 1.54) is 7.11 Å². The molecule has 0 aromatic carbocycles. The molecular weight excluding hydrogens is 172 g/mol. The van der Waals surface area contributed by atoms with Gasteiger partial charge in [0.1, 0.15) is 6.04 Å². The molecule has 0 aliphatic heterocycles. The van der Waals surface area contributed by atoms with Crippen molar-refractivity contribution in [2.45, 2.75) is 19.4 Å². The molecule has 1 unspecified atom stereocenters. The van der Waals surface area contributed by atoms with Crippen molar-refractivity contribution >= 4 is 11.9 Å². The second-order valence-corrected chi connectivity index (χ2v) is 2.67. The average molecular weight is 188 g/mol. The molecule has 0 aromatic heterocycles. The maximum absolute atomic E-state index is 11.1. The molecule has 0 bridgehead atoms. The van der Waals surface area contributed by atoms with Crippen LogP contribution < -0.4 is 10.6 Å². The van der Waals surface area contributed by atoms with Crippen LogP contribution in [0.4, 0.5) is 0 Å². The Labute approximate surface area is 77.8 Å². The molecule has 0 spiro atoms. The molecule has 0 aromatic rings. The standard InChI is InChI=1S/C8H16N2O3/c1-6(8(12)13-3)10-7(11)4-5-9-2/h6,9H,4-5H2,1-3H3,(H,10,11). The molecule has 0 fully saturated rings. The highest BCUT2D eigenvalue weighted by Gasteiger charge is 2.14. The van der Waals surface area contributed by atoms with Gasteiger partial charge in [-0.1, -0.05) is 0 Å². The van der Waals surface area contributed by atoms with Gasteiger partial charge >= 0.3 is 5.97 Å². The molecule has 0 aliphatic carbocycles. The fourth-order valence-electron chi connectivity index (χ4n) is 0.788. The maximum Gasteiger partial charge on any atom is 0.328 e. The first-order valence-corrected chi connectivity index (χ1v) is 4.13. The molecule has 76 valence electrons. The molecule has 2 N–H and O–H groups in total. The largest absolute Gasteiger partial charge is 0.467 e. The third-order valence-corrected chi connectivity index (χ3v) is 1.53. The number of esters is 1. The van der Waals surface area contributed by atoms with Crippen LogP contribution in [0.15, 0.2) is 0 Å². The third-order valence-electron chi connectivity index (χ3n) is 1.53. The predicted octanol–water partition coefficient (Wildman–Crippen LogP) is -0.726. The summed E-state index contributed by atoms with van der Waals surface area (Å²) in [4.78, 5) is 21.9. The van der Waals surface area contributed by atoms with E-state index in [1.54, 1.807) is 14.0 Å². The fraction of sp³-hybridized carbons (Fsp3) is 0.750. The van der Waals surface area contributed by atoms with Crippen molar-refractivity contribution in [2.24, 2.45) is 0 Å². The van der Waals surface area contributed by atoms with Crippen LogP contribution in [-0.2, 0) is 14.3 Å². The van der Waals surface area contributed by atoms with Crippen molar-refractivity contribution in [2.75, 3.05) is 20.7 Å². The van der Waals surface area contributed by atoms with E-state index in [2.05, 4.69) is 15.4 Å². The summed E-state index contributed by atoms with van der Waals surface area (Å²) >= 11 is 0. The van der Waals surface area contributed by atoms with E-state index in [4.69, 9.17) is 0 Å². The smallest absolute Gasteiger partial charge is 0.328 e. The van der Waals surface area contributed by atoms with Crippen LogP contribution in [0.5, 0.6) is 0 Å². The van der Waals surface area contributed by atoms with Gasteiger partial charge in [-0.2, -0.15) is 0 Å². The SMILES string of the molecule is CNCCC(=O)NC(C)C(=O)OC. The van der Waals surface area contributed by atoms with Crippen LogP contribution in [0.1, 0.15) is 13.3 Å². The average Bonchev–Trinajstić information content (AvgIpc) is 2.13. The summed E-state index contributed by atoms with van der Waals surface area (Å²) < 4.78 is 4.45. The second kappa shape index (κ2) is 6.42. The number of ether oxygens (including phenoxy) is 1. The van der Waals surface area contributed by atoms with Gasteiger partial charge in [0.05, 0.1) is 7.11 Å². The Kier molecular flexibility index (Phi) is 5.88. The van der Waals surface area contributed by atoms with Crippen molar-refractivity contribution in [3.63, 3.8) is 0 Å². The molecule has 1 atom stereocenters. The van der Waals surface area contributed by atoms with E-state index in [0.717, 1.165) is 0 Å². The number of rotatable bonds is 5. The number of hydrogen-bond acceptors (Lipinski definition) is 4. The van der Waals surface area contributed by atoms with Crippen LogP contribution in [0.2, 0.25) is 0 Å². The number of methoxy groups -OCH3 is 1. The zero-order valence-electron chi connectivity index (χ0n) is 8.22. The summed E-state index contributed by atoms with van der Waals surface area (Å²) in [6, 6.07) is -0.575. The highest BCUT2D eigenvalue weighted by atomic mass is 16.5. The lowest BCUT2D eigenvalue weighted by atomic mass is 10.3. The Bertz CT molecular complexity index is 182. The number of amides is 1. The predicted molar refractivity (Wildman–Crippen MR) is 48.2 cm³/mol. The Hall–Kier alpha value is -1.10. The highest BCUT2D eigenvalue weighted by Crippen LogP contribution is 1.87. The molecule has 5 nitrogen and oxygen atoms in total. The van der Waals surface area contributed by atoms with E-state index in [9.17, 15) is 9.59 Å². The van der Waals surface area contributed by atoms with Gasteiger partial charge in [0, 0.05) is 13.0 Å². The van der Waals surface area contributed by atoms with Crippen molar-refractivity contribution in [1.29, 1.82) is 0 Å². The second-order valence-electron chi connectivity index (χ2n) is 2.67. The van der Waals surface area contributed by atoms with Gasteiger partial charge < -0.3 is 15.4 Å². The zero-order valence-corrected chi connectivity index (χ0v) is 8.22. The lowest BCUT2D eigenvalue weighted by Crippen LogP contribution is -2.39. The lowest BCUT2D eigenvalue weighted by Gasteiger charge is -2.10. The molecular formula is C8H16N2O3. The number of hydrogen-bond donors (Lipinski definition) is 2. The molecule has 0 radical (unpaired) electrons. The van der Waals surface area contributed by atoms with Gasteiger partial charge in [-0.3, -0.25) is 4.79 Å². The monoisotopic (exact) mass is 188 g/mol. The lowest BCUT2D eigenvalue weighted by molar-refractivity contribution is -0.144. The summed E-state index contributed by atoms with van der Waals surface area (Å²) in [6.45, 7) is 2.18. The first kappa shape index (κ1) is 11.9. The van der Waals surface area contributed by atoms with Crippen molar-refractivity contribution in [1.82, 2.24) is 10.6 Å². The molecule has 0 heterocycles. The topological polar surface area (TPSA) is 67.4 Å². The number of carbonyl (C=O) groups is 2. The van der Waals surface area contributed by atoms with Crippen LogP contribution >= 0.6 is 0 Å². The summed E-state index contributed by atoms with van der Waals surface area (Å²) in [5.74, 6) is -0.593. The van der Waals surface area contributed by atoms with Crippen LogP contribution in [0, 0.1) is 0 Å². The summed E-state index contributed by atoms with van der Waals surface area (Å²) in [6.07, 6.45) is 0.359. The van der Waals surface area contributed by atoms with Crippen LogP contribution in [0.25, 0.3) is 0 Å². The number of carbonyl (C=O) groups excluding carboxylic acids is 2. The van der Waals surface area contributed by atoms with E-state index < -0.39 is 12.0 Å². The van der Waals surface area contributed by atoms with Crippen molar-refractivity contribution in [3.8, 4) is 0 Å². The Morgan fingerprint density at radius 1 is 1.46 bits per heavy atom. The Balaban J connectivity index is 3.71. The van der Waals surface area contributed by atoms with E-state index in [1.807, 2.05) is 0 Å². The zero-order chi connectivity index (χ0) is 10.3. The fourth-order valence-corrected chi connectivity index (χ4v) is 0.788. The Morgan fingerprint density at radius 3 is 2.54 bits per heavy atom. The van der Waals surface area contributed by atoms with E-state index in [-0.39, 0.29) is 5.91 Å². The van der Waals surface area contributed by atoms with Crippen molar-refractivity contribution < 1.29 is 14.3 Å². The molecule has 1 amide bonds. The minimum atomic E-state index is -0.575. The van der Waals surface area contributed by atoms with Gasteiger partial charge in [0.15, 0.2) is 0 Å². The van der Waals surface area contributed by atoms with Gasteiger partial charge in [-0.25, -0.2) is 4.79 Å². The third kappa shape index (κ3) is 5.19.